The van der Waals surface area contributed by atoms with E-state index in [2.05, 4.69) is 5.10 Å². The van der Waals surface area contributed by atoms with Gasteiger partial charge in [-0.25, -0.2) is 4.52 Å². The van der Waals surface area contributed by atoms with Crippen LogP contribution >= 0.6 is 0 Å². The molecule has 0 saturated carbocycles. The van der Waals surface area contributed by atoms with Crippen LogP contribution in [0.2, 0.25) is 0 Å². The van der Waals surface area contributed by atoms with Crippen molar-refractivity contribution in [2.45, 2.75) is 19.8 Å². The van der Waals surface area contributed by atoms with Crippen LogP contribution in [0.25, 0.3) is 5.52 Å². The Hall–Kier alpha value is -1.95. The van der Waals surface area contributed by atoms with Crippen molar-refractivity contribution in [1.29, 1.82) is 0 Å². The molecule has 0 aromatic carbocycles. The van der Waals surface area contributed by atoms with Crippen LogP contribution in [0.3, 0.4) is 0 Å². The van der Waals surface area contributed by atoms with Crippen molar-refractivity contribution < 1.29 is 13.9 Å². The van der Waals surface area contributed by atoms with Crippen molar-refractivity contribution in [1.82, 2.24) is 9.61 Å². The van der Waals surface area contributed by atoms with Gasteiger partial charge in [-0.2, -0.15) is 5.10 Å². The van der Waals surface area contributed by atoms with Gasteiger partial charge in [-0.05, 0) is 25.0 Å². The van der Waals surface area contributed by atoms with Crippen LogP contribution in [0.1, 0.15) is 19.0 Å². The molecule has 6 heteroatoms. The smallest absolute Gasteiger partial charge is 0.253 e. The first kappa shape index (κ1) is 15.4. The molecule has 0 saturated heterocycles. The number of nitrogens with zero attached hydrogens (tertiary/aromatic N) is 3. The Kier molecular flexibility index (Phi) is 5.27. The van der Waals surface area contributed by atoms with E-state index in [1.807, 2.05) is 31.3 Å². The van der Waals surface area contributed by atoms with E-state index >= 15 is 0 Å². The summed E-state index contributed by atoms with van der Waals surface area (Å²) in [7, 11) is 1.47. The first-order valence-electron chi connectivity index (χ1n) is 7.04. The average molecular weight is 293 g/mol. The maximum atomic E-state index is 12.6. The van der Waals surface area contributed by atoms with Crippen molar-refractivity contribution in [3.8, 4) is 0 Å². The molecule has 0 bridgehead atoms. The fraction of sp³-hybridized carbons (Fsp3) is 0.467. The average Bonchev–Trinajstić information content (AvgIpc) is 2.87. The molecule has 0 aliphatic carbocycles. The van der Waals surface area contributed by atoms with E-state index in [0.29, 0.717) is 19.4 Å². The number of carbonyl (C=O) groups is 1. The van der Waals surface area contributed by atoms with Crippen LogP contribution in [-0.2, 0) is 16.0 Å². The molecule has 5 nitrogen and oxygen atoms in total. The maximum Gasteiger partial charge on any atom is 0.253 e. The third-order valence-corrected chi connectivity index (χ3v) is 3.27. The number of anilines is 1. The Morgan fingerprint density at radius 3 is 2.95 bits per heavy atom. The fourth-order valence-corrected chi connectivity index (χ4v) is 2.35. The van der Waals surface area contributed by atoms with E-state index < -0.39 is 6.67 Å². The summed E-state index contributed by atoms with van der Waals surface area (Å²) in [5, 5.41) is 4.49. The molecule has 0 N–H and O–H groups in total. The largest absolute Gasteiger partial charge is 0.375 e. The molecule has 1 amide bonds. The third-order valence-electron chi connectivity index (χ3n) is 3.27. The van der Waals surface area contributed by atoms with Gasteiger partial charge in [0.1, 0.15) is 6.61 Å². The molecule has 21 heavy (non-hydrogen) atoms. The normalized spacial score (nSPS) is 11.0. The van der Waals surface area contributed by atoms with Gasteiger partial charge in [0.05, 0.1) is 23.6 Å². The first-order chi connectivity index (χ1) is 10.2. The lowest BCUT2D eigenvalue weighted by Crippen LogP contribution is -2.35. The zero-order chi connectivity index (χ0) is 15.2. The number of hydrogen-bond acceptors (Lipinski definition) is 3. The van der Waals surface area contributed by atoms with Crippen LogP contribution in [-0.4, -0.2) is 42.5 Å². The summed E-state index contributed by atoms with van der Waals surface area (Å²) in [6, 6.07) is 5.68. The Morgan fingerprint density at radius 1 is 1.48 bits per heavy atom. The van der Waals surface area contributed by atoms with Crippen molar-refractivity contribution in [2.75, 3.05) is 31.8 Å². The number of rotatable bonds is 7. The second kappa shape index (κ2) is 7.17. The van der Waals surface area contributed by atoms with Crippen LogP contribution in [0.5, 0.6) is 0 Å². The van der Waals surface area contributed by atoms with Gasteiger partial charge < -0.3 is 9.64 Å². The number of alkyl halides is 1. The summed E-state index contributed by atoms with van der Waals surface area (Å²) in [6.07, 6.45) is 2.83. The summed E-state index contributed by atoms with van der Waals surface area (Å²) < 4.78 is 19.2. The van der Waals surface area contributed by atoms with E-state index in [1.54, 1.807) is 9.42 Å². The zero-order valence-corrected chi connectivity index (χ0v) is 12.4. The molecule has 0 unspecified atom stereocenters. The second-order valence-corrected chi connectivity index (χ2v) is 4.70. The number of fused-ring (bicyclic) bond motifs is 1. The van der Waals surface area contributed by atoms with Gasteiger partial charge in [-0.3, -0.25) is 9.18 Å². The Morgan fingerprint density at radius 2 is 2.29 bits per heavy atom. The Labute approximate surface area is 123 Å². The molecule has 2 aromatic rings. The first-order valence-corrected chi connectivity index (χ1v) is 7.04. The highest BCUT2D eigenvalue weighted by molar-refractivity contribution is 5.99. The van der Waals surface area contributed by atoms with Gasteiger partial charge in [0.15, 0.2) is 0 Å². The number of methoxy groups -OCH3 is 1. The van der Waals surface area contributed by atoms with Gasteiger partial charge in [-0.1, -0.05) is 13.0 Å². The summed E-state index contributed by atoms with van der Waals surface area (Å²) in [4.78, 5) is 13.9. The predicted octanol–water partition coefficient (Wildman–Crippen LogP) is 2.24. The maximum absolute atomic E-state index is 12.6. The fourth-order valence-electron chi connectivity index (χ4n) is 2.35. The molecule has 0 fully saturated rings. The molecule has 0 aliphatic heterocycles. The number of carbonyl (C=O) groups excluding carboxylic acids is 1. The van der Waals surface area contributed by atoms with E-state index in [-0.39, 0.29) is 12.5 Å². The molecular weight excluding hydrogens is 273 g/mol. The van der Waals surface area contributed by atoms with Crippen molar-refractivity contribution in [3.05, 3.63) is 30.1 Å². The van der Waals surface area contributed by atoms with E-state index in [0.717, 1.165) is 16.9 Å². The lowest BCUT2D eigenvalue weighted by Gasteiger charge is -2.22. The highest BCUT2D eigenvalue weighted by Crippen LogP contribution is 2.27. The molecule has 0 atom stereocenters. The molecule has 0 aliphatic rings. The monoisotopic (exact) mass is 293 g/mol. The van der Waals surface area contributed by atoms with Gasteiger partial charge in [-0.15, -0.1) is 0 Å². The zero-order valence-electron chi connectivity index (χ0n) is 12.4. The summed E-state index contributed by atoms with van der Waals surface area (Å²) in [5.74, 6) is -0.181. The molecule has 2 rings (SSSR count). The molecule has 0 radical (unpaired) electrons. The molecule has 0 spiro atoms. The standard InChI is InChI=1S/C15H20FN3O2/c1-3-12-15(13-7-4-5-10-19(13)17-12)18(9-6-8-16)14(20)11-21-2/h4-5,7,10H,3,6,8-9,11H2,1-2H3. The van der Waals surface area contributed by atoms with Crippen molar-refractivity contribution in [2.24, 2.45) is 0 Å². The molecule has 2 aromatic heterocycles. The minimum absolute atomic E-state index is 0.0282. The number of aryl methyl sites for hydroxylation is 1. The Bertz CT molecular complexity index is 612. The van der Waals surface area contributed by atoms with Crippen molar-refractivity contribution in [3.63, 3.8) is 0 Å². The number of halogens is 1. The molecular formula is C15H20FN3O2. The number of hydrogen-bond donors (Lipinski definition) is 0. The van der Waals surface area contributed by atoms with Crippen LogP contribution < -0.4 is 4.90 Å². The Balaban J connectivity index is 2.49. The topological polar surface area (TPSA) is 46.8 Å². The number of amides is 1. The van der Waals surface area contributed by atoms with Gasteiger partial charge in [0.25, 0.3) is 5.91 Å². The summed E-state index contributed by atoms with van der Waals surface area (Å²) in [6.45, 7) is 1.82. The highest BCUT2D eigenvalue weighted by Gasteiger charge is 2.22. The number of pyridine rings is 1. The molecule has 114 valence electrons. The summed E-state index contributed by atoms with van der Waals surface area (Å²) >= 11 is 0. The number of aromatic nitrogens is 2. The van der Waals surface area contributed by atoms with Crippen LogP contribution in [0, 0.1) is 0 Å². The van der Waals surface area contributed by atoms with Gasteiger partial charge in [0, 0.05) is 19.9 Å². The quantitative estimate of drug-likeness (QED) is 0.786. The third kappa shape index (κ3) is 3.21. The minimum Gasteiger partial charge on any atom is -0.375 e. The van der Waals surface area contributed by atoms with E-state index in [1.165, 1.54) is 7.11 Å². The highest BCUT2D eigenvalue weighted by atomic mass is 19.1. The van der Waals surface area contributed by atoms with Crippen LogP contribution in [0.15, 0.2) is 24.4 Å². The molecule has 2 heterocycles. The lowest BCUT2D eigenvalue weighted by molar-refractivity contribution is -0.122. The van der Waals surface area contributed by atoms with Gasteiger partial charge in [0.2, 0.25) is 0 Å². The van der Waals surface area contributed by atoms with Crippen LogP contribution in [0.4, 0.5) is 10.1 Å². The van der Waals surface area contributed by atoms with E-state index in [4.69, 9.17) is 4.74 Å². The minimum atomic E-state index is -0.461. The second-order valence-electron chi connectivity index (χ2n) is 4.70. The number of ether oxygens (including phenoxy) is 1. The lowest BCUT2D eigenvalue weighted by atomic mass is 10.2. The van der Waals surface area contributed by atoms with E-state index in [9.17, 15) is 9.18 Å². The summed E-state index contributed by atoms with van der Waals surface area (Å²) in [5.41, 5.74) is 2.43. The predicted molar refractivity (Wildman–Crippen MR) is 79.4 cm³/mol. The van der Waals surface area contributed by atoms with Gasteiger partial charge >= 0.3 is 0 Å². The van der Waals surface area contributed by atoms with Crippen molar-refractivity contribution >= 4 is 17.1 Å². The SMILES string of the molecule is CCc1nn2ccccc2c1N(CCCF)C(=O)COC.